The lowest BCUT2D eigenvalue weighted by atomic mass is 9.98. The SMILES string of the molecule is CC1(C)CN(Cc2ccc(O)c(N)c2)CC(C)(C)O1. The summed E-state index contributed by atoms with van der Waals surface area (Å²) in [6, 6.07) is 5.41. The maximum atomic E-state index is 9.46. The Morgan fingerprint density at radius 3 is 2.32 bits per heavy atom. The predicted molar refractivity (Wildman–Crippen MR) is 77.0 cm³/mol. The third-order valence-corrected chi connectivity index (χ3v) is 3.26. The quantitative estimate of drug-likeness (QED) is 0.636. The highest BCUT2D eigenvalue weighted by Crippen LogP contribution is 2.29. The van der Waals surface area contributed by atoms with Gasteiger partial charge in [-0.1, -0.05) is 6.07 Å². The van der Waals surface area contributed by atoms with E-state index in [-0.39, 0.29) is 17.0 Å². The summed E-state index contributed by atoms with van der Waals surface area (Å²) < 4.78 is 6.07. The zero-order valence-electron chi connectivity index (χ0n) is 12.2. The zero-order chi connectivity index (χ0) is 14.3. The molecule has 0 aliphatic carbocycles. The molecule has 4 heteroatoms. The first-order valence-corrected chi connectivity index (χ1v) is 6.67. The average molecular weight is 264 g/mol. The maximum absolute atomic E-state index is 9.46. The molecule has 106 valence electrons. The molecule has 0 bridgehead atoms. The Balaban J connectivity index is 2.11. The minimum atomic E-state index is -0.149. The van der Waals surface area contributed by atoms with Gasteiger partial charge in [-0.05, 0) is 45.4 Å². The molecule has 2 rings (SSSR count). The van der Waals surface area contributed by atoms with Crippen molar-refractivity contribution >= 4 is 5.69 Å². The molecule has 0 aromatic heterocycles. The van der Waals surface area contributed by atoms with Gasteiger partial charge in [-0.25, -0.2) is 0 Å². The van der Waals surface area contributed by atoms with E-state index in [4.69, 9.17) is 10.5 Å². The van der Waals surface area contributed by atoms with Gasteiger partial charge in [0.1, 0.15) is 5.75 Å². The first-order valence-electron chi connectivity index (χ1n) is 6.67. The molecule has 1 fully saturated rings. The van der Waals surface area contributed by atoms with Crippen molar-refractivity contribution in [2.45, 2.75) is 45.4 Å². The monoisotopic (exact) mass is 264 g/mol. The van der Waals surface area contributed by atoms with Crippen LogP contribution in [0.5, 0.6) is 5.75 Å². The Kier molecular flexibility index (Phi) is 3.49. The van der Waals surface area contributed by atoms with Crippen LogP contribution < -0.4 is 5.73 Å². The van der Waals surface area contributed by atoms with Crippen LogP contribution in [0, 0.1) is 0 Å². The maximum Gasteiger partial charge on any atom is 0.138 e. The molecule has 19 heavy (non-hydrogen) atoms. The molecule has 1 aliphatic heterocycles. The van der Waals surface area contributed by atoms with Crippen LogP contribution in [0.2, 0.25) is 0 Å². The number of nitrogens with two attached hydrogens (primary N) is 1. The molecular formula is C15H24N2O2. The highest BCUT2D eigenvalue weighted by Gasteiger charge is 2.37. The topological polar surface area (TPSA) is 58.7 Å². The number of phenols is 1. The molecule has 0 spiro atoms. The van der Waals surface area contributed by atoms with Gasteiger partial charge in [0.2, 0.25) is 0 Å². The second kappa shape index (κ2) is 4.69. The van der Waals surface area contributed by atoms with Crippen molar-refractivity contribution < 1.29 is 9.84 Å². The van der Waals surface area contributed by atoms with Gasteiger partial charge < -0.3 is 15.6 Å². The zero-order valence-corrected chi connectivity index (χ0v) is 12.2. The van der Waals surface area contributed by atoms with Gasteiger partial charge in [0.05, 0.1) is 16.9 Å². The second-order valence-electron chi connectivity index (χ2n) is 6.66. The van der Waals surface area contributed by atoms with Gasteiger partial charge in [0, 0.05) is 19.6 Å². The van der Waals surface area contributed by atoms with Gasteiger partial charge in [0.15, 0.2) is 0 Å². The lowest BCUT2D eigenvalue weighted by molar-refractivity contribution is -0.182. The van der Waals surface area contributed by atoms with Crippen LogP contribution >= 0.6 is 0 Å². The molecule has 0 amide bonds. The van der Waals surface area contributed by atoms with Crippen molar-refractivity contribution in [1.29, 1.82) is 0 Å². The van der Waals surface area contributed by atoms with E-state index in [1.807, 2.05) is 12.1 Å². The number of benzene rings is 1. The van der Waals surface area contributed by atoms with Crippen molar-refractivity contribution in [2.75, 3.05) is 18.8 Å². The van der Waals surface area contributed by atoms with Gasteiger partial charge in [-0.15, -0.1) is 0 Å². The Hall–Kier alpha value is -1.26. The van der Waals surface area contributed by atoms with Gasteiger partial charge in [-0.3, -0.25) is 4.90 Å². The number of rotatable bonds is 2. The fraction of sp³-hybridized carbons (Fsp3) is 0.600. The van der Waals surface area contributed by atoms with E-state index in [2.05, 4.69) is 32.6 Å². The number of hydrogen-bond acceptors (Lipinski definition) is 4. The Morgan fingerprint density at radius 1 is 1.21 bits per heavy atom. The van der Waals surface area contributed by atoms with Crippen LogP contribution in [0.1, 0.15) is 33.3 Å². The second-order valence-corrected chi connectivity index (χ2v) is 6.66. The van der Waals surface area contributed by atoms with E-state index in [0.717, 1.165) is 25.2 Å². The third kappa shape index (κ3) is 3.61. The molecular weight excluding hydrogens is 240 g/mol. The number of aromatic hydroxyl groups is 1. The Morgan fingerprint density at radius 2 is 1.79 bits per heavy atom. The molecule has 0 atom stereocenters. The number of hydrogen-bond donors (Lipinski definition) is 2. The summed E-state index contributed by atoms with van der Waals surface area (Å²) in [6.45, 7) is 11.1. The highest BCUT2D eigenvalue weighted by molar-refractivity contribution is 5.53. The number of nitrogen functional groups attached to an aromatic ring is 1. The normalized spacial score (nSPS) is 22.3. The molecule has 0 saturated carbocycles. The first kappa shape index (κ1) is 14.2. The van der Waals surface area contributed by atoms with Crippen LogP contribution in [0.25, 0.3) is 0 Å². The minimum Gasteiger partial charge on any atom is -0.506 e. The molecule has 1 heterocycles. The van der Waals surface area contributed by atoms with E-state index in [9.17, 15) is 5.11 Å². The van der Waals surface area contributed by atoms with Gasteiger partial charge in [-0.2, -0.15) is 0 Å². The minimum absolute atomic E-state index is 0.145. The van der Waals surface area contributed by atoms with Crippen molar-refractivity contribution in [3.8, 4) is 5.75 Å². The van der Waals surface area contributed by atoms with E-state index in [1.54, 1.807) is 6.07 Å². The summed E-state index contributed by atoms with van der Waals surface area (Å²) in [7, 11) is 0. The first-order chi connectivity index (χ1) is 8.67. The van der Waals surface area contributed by atoms with Crippen LogP contribution in [0.4, 0.5) is 5.69 Å². The molecule has 1 saturated heterocycles. The number of anilines is 1. The molecule has 1 aromatic rings. The van der Waals surface area contributed by atoms with Crippen LogP contribution in [-0.2, 0) is 11.3 Å². The molecule has 0 unspecified atom stereocenters. The average Bonchev–Trinajstić information content (AvgIpc) is 2.18. The summed E-state index contributed by atoms with van der Waals surface area (Å²) >= 11 is 0. The smallest absolute Gasteiger partial charge is 0.138 e. The summed E-state index contributed by atoms with van der Waals surface area (Å²) in [6.07, 6.45) is 0. The summed E-state index contributed by atoms with van der Waals surface area (Å²) in [5.74, 6) is 0.145. The number of nitrogens with zero attached hydrogens (tertiary/aromatic N) is 1. The molecule has 4 nitrogen and oxygen atoms in total. The van der Waals surface area contributed by atoms with Crippen molar-refractivity contribution in [3.05, 3.63) is 23.8 Å². The molecule has 1 aromatic carbocycles. The standard InChI is InChI=1S/C15H24N2O2/c1-14(2)9-17(10-15(3,4)19-14)8-11-5-6-13(18)12(16)7-11/h5-7,18H,8-10,16H2,1-4H3. The largest absolute Gasteiger partial charge is 0.506 e. The molecule has 1 aliphatic rings. The van der Waals surface area contributed by atoms with Gasteiger partial charge >= 0.3 is 0 Å². The lowest BCUT2D eigenvalue weighted by Crippen LogP contribution is -2.56. The van der Waals surface area contributed by atoms with E-state index < -0.39 is 0 Å². The fourth-order valence-corrected chi connectivity index (χ4v) is 3.02. The molecule has 3 N–H and O–H groups in total. The van der Waals surface area contributed by atoms with Gasteiger partial charge in [0.25, 0.3) is 0 Å². The van der Waals surface area contributed by atoms with Crippen molar-refractivity contribution in [1.82, 2.24) is 4.90 Å². The summed E-state index contributed by atoms with van der Waals surface area (Å²) in [5.41, 5.74) is 6.99. The Labute approximate surface area is 115 Å². The van der Waals surface area contributed by atoms with Crippen molar-refractivity contribution in [3.63, 3.8) is 0 Å². The highest BCUT2D eigenvalue weighted by atomic mass is 16.5. The van der Waals surface area contributed by atoms with E-state index in [0.29, 0.717) is 5.69 Å². The third-order valence-electron chi connectivity index (χ3n) is 3.26. The van der Waals surface area contributed by atoms with Crippen LogP contribution in [0.3, 0.4) is 0 Å². The van der Waals surface area contributed by atoms with E-state index >= 15 is 0 Å². The van der Waals surface area contributed by atoms with Crippen LogP contribution in [0.15, 0.2) is 18.2 Å². The number of phenolic OH excluding ortho intramolecular Hbond substituents is 1. The summed E-state index contributed by atoms with van der Waals surface area (Å²) in [5, 5.41) is 9.46. The molecule has 0 radical (unpaired) electrons. The Bertz CT molecular complexity index is 453. The van der Waals surface area contributed by atoms with Crippen LogP contribution in [-0.4, -0.2) is 34.3 Å². The predicted octanol–water partition coefficient (Wildman–Crippen LogP) is 2.36. The van der Waals surface area contributed by atoms with Crippen molar-refractivity contribution in [2.24, 2.45) is 0 Å². The fourth-order valence-electron chi connectivity index (χ4n) is 3.02. The lowest BCUT2D eigenvalue weighted by Gasteiger charge is -2.47. The number of morpholine rings is 1. The van der Waals surface area contributed by atoms with E-state index in [1.165, 1.54) is 0 Å². The summed E-state index contributed by atoms with van der Waals surface area (Å²) in [4.78, 5) is 2.37. The number of ether oxygens (including phenoxy) is 1.